The van der Waals surface area contributed by atoms with Gasteiger partial charge < -0.3 is 19.7 Å². The molecule has 2 rings (SSSR count). The fraction of sp³-hybridized carbons (Fsp3) is 0.364. The van der Waals surface area contributed by atoms with Gasteiger partial charge in [0.05, 0.1) is 33.5 Å². The second kappa shape index (κ2) is 12.5. The fourth-order valence-electron chi connectivity index (χ4n) is 3.07. The number of nitro groups is 1. The summed E-state index contributed by atoms with van der Waals surface area (Å²) in [5.41, 5.74) is 0.885. The highest BCUT2D eigenvalue weighted by atomic mass is 35.5. The van der Waals surface area contributed by atoms with Crippen molar-refractivity contribution in [1.29, 1.82) is 5.26 Å². The molecule has 0 saturated heterocycles. The van der Waals surface area contributed by atoms with Gasteiger partial charge in [-0.3, -0.25) is 14.9 Å². The molecule has 180 valence electrons. The highest BCUT2D eigenvalue weighted by Crippen LogP contribution is 2.41. The molecule has 2 aromatic rings. The lowest BCUT2D eigenvalue weighted by Gasteiger charge is -2.25. The summed E-state index contributed by atoms with van der Waals surface area (Å²) in [6.07, 6.45) is 0. The number of carbonyl (C=O) groups is 1. The van der Waals surface area contributed by atoms with Crippen LogP contribution in [-0.4, -0.2) is 44.2 Å². The molecule has 0 aliphatic rings. The first-order valence-corrected chi connectivity index (χ1v) is 10.8. The molecule has 0 spiro atoms. The van der Waals surface area contributed by atoms with Crippen molar-refractivity contribution in [1.82, 2.24) is 0 Å². The van der Waals surface area contributed by atoms with Crippen LogP contribution >= 0.6 is 11.6 Å². The lowest BCUT2D eigenvalue weighted by Crippen LogP contribution is -2.23. The molecule has 0 saturated carbocycles. The molecule has 0 heterocycles. The Hall–Kier alpha value is -3.75. The number of nitrogens with zero attached hydrogens (tertiary/aromatic N) is 5. The van der Waals surface area contributed by atoms with Gasteiger partial charge in [-0.2, -0.15) is 5.26 Å². The molecule has 0 unspecified atom stereocenters. The minimum absolute atomic E-state index is 0.0294. The first kappa shape index (κ1) is 26.5. The van der Waals surface area contributed by atoms with E-state index in [0.29, 0.717) is 31.1 Å². The third-order valence-electron chi connectivity index (χ3n) is 4.67. The third-order valence-corrected chi connectivity index (χ3v) is 4.96. The number of hydrogen-bond donors (Lipinski definition) is 1. The molecule has 1 N–H and O–H groups in total. The summed E-state index contributed by atoms with van der Waals surface area (Å²) in [5, 5.41) is 31.3. The molecule has 0 atom stereocenters. The Morgan fingerprint density at radius 1 is 1.24 bits per heavy atom. The molecule has 11 nitrogen and oxygen atoms in total. The number of hydrogen-bond acceptors (Lipinski definition) is 9. The van der Waals surface area contributed by atoms with E-state index in [1.165, 1.54) is 6.92 Å². The molecule has 0 aliphatic heterocycles. The van der Waals surface area contributed by atoms with E-state index in [4.69, 9.17) is 21.1 Å². The van der Waals surface area contributed by atoms with Crippen LogP contribution in [0.5, 0.6) is 5.75 Å². The standard InChI is InChI=1S/C22H25ClN6O5/c1-5-28(6-2)20-11-18(25-14(3)30)19(12-21(20)34-8-7-33-4)26-27-22-15(13-24)9-16(29(31)32)10-17(22)23/h9-12H,5-8H2,1-4H3,(H,25,30). The maximum absolute atomic E-state index is 11.8. The van der Waals surface area contributed by atoms with Crippen LogP contribution in [-0.2, 0) is 9.53 Å². The Morgan fingerprint density at radius 2 is 1.94 bits per heavy atom. The monoisotopic (exact) mass is 488 g/mol. The van der Waals surface area contributed by atoms with E-state index in [1.54, 1.807) is 19.2 Å². The van der Waals surface area contributed by atoms with Crippen molar-refractivity contribution in [3.63, 3.8) is 0 Å². The number of ether oxygens (including phenoxy) is 2. The second-order valence-electron chi connectivity index (χ2n) is 6.92. The van der Waals surface area contributed by atoms with Gasteiger partial charge in [-0.15, -0.1) is 10.2 Å². The van der Waals surface area contributed by atoms with Gasteiger partial charge in [0.2, 0.25) is 5.91 Å². The largest absolute Gasteiger partial charge is 0.489 e. The highest BCUT2D eigenvalue weighted by Gasteiger charge is 2.18. The number of nitrogens with one attached hydrogen (secondary N) is 1. The summed E-state index contributed by atoms with van der Waals surface area (Å²) in [7, 11) is 1.56. The van der Waals surface area contributed by atoms with Crippen LogP contribution in [0.25, 0.3) is 0 Å². The molecule has 12 heteroatoms. The molecule has 1 amide bonds. The van der Waals surface area contributed by atoms with Gasteiger partial charge in [0, 0.05) is 45.3 Å². The van der Waals surface area contributed by atoms with Crippen molar-refractivity contribution in [2.75, 3.05) is 43.6 Å². The van der Waals surface area contributed by atoms with Gasteiger partial charge in [-0.1, -0.05) is 11.6 Å². The SMILES string of the molecule is CCN(CC)c1cc(NC(C)=O)c(N=Nc2c(Cl)cc([N+](=O)[O-])cc2C#N)cc1OCCOC. The van der Waals surface area contributed by atoms with Crippen LogP contribution in [0.15, 0.2) is 34.5 Å². The Bertz CT molecular complexity index is 1130. The molecule has 0 bridgehead atoms. The van der Waals surface area contributed by atoms with Gasteiger partial charge in [-0.25, -0.2) is 0 Å². The zero-order valence-corrected chi connectivity index (χ0v) is 20.0. The topological polar surface area (TPSA) is 142 Å². The second-order valence-corrected chi connectivity index (χ2v) is 7.33. The Balaban J connectivity index is 2.63. The predicted molar refractivity (Wildman–Crippen MR) is 129 cm³/mol. The molecule has 34 heavy (non-hydrogen) atoms. The van der Waals surface area contributed by atoms with Gasteiger partial charge in [0.1, 0.15) is 29.8 Å². The number of benzene rings is 2. The quantitative estimate of drug-likeness (QED) is 0.194. The summed E-state index contributed by atoms with van der Waals surface area (Å²) in [6, 6.07) is 7.35. The van der Waals surface area contributed by atoms with E-state index in [9.17, 15) is 20.2 Å². The number of halogens is 1. The van der Waals surface area contributed by atoms with E-state index in [-0.39, 0.29) is 40.2 Å². The first-order chi connectivity index (χ1) is 16.2. The van der Waals surface area contributed by atoms with Gasteiger partial charge in [0.15, 0.2) is 0 Å². The number of nitro benzene ring substituents is 1. The molecule has 0 aliphatic carbocycles. The summed E-state index contributed by atoms with van der Waals surface area (Å²) in [5.74, 6) is 0.181. The summed E-state index contributed by atoms with van der Waals surface area (Å²) < 4.78 is 11.0. The lowest BCUT2D eigenvalue weighted by molar-refractivity contribution is -0.384. The number of methoxy groups -OCH3 is 1. The number of anilines is 2. The van der Waals surface area contributed by atoms with E-state index in [2.05, 4.69) is 20.4 Å². The molecular weight excluding hydrogens is 464 g/mol. The maximum Gasteiger partial charge on any atom is 0.272 e. The van der Waals surface area contributed by atoms with Crippen molar-refractivity contribution < 1.29 is 19.2 Å². The lowest BCUT2D eigenvalue weighted by atomic mass is 10.1. The van der Waals surface area contributed by atoms with Crippen molar-refractivity contribution in [3.05, 3.63) is 45.0 Å². The van der Waals surface area contributed by atoms with Crippen LogP contribution in [0.4, 0.5) is 28.4 Å². The summed E-state index contributed by atoms with van der Waals surface area (Å²) >= 11 is 6.14. The zero-order valence-electron chi connectivity index (χ0n) is 19.3. The number of nitriles is 1. The fourth-order valence-corrected chi connectivity index (χ4v) is 3.32. The molecule has 2 aromatic carbocycles. The minimum atomic E-state index is -0.655. The highest BCUT2D eigenvalue weighted by molar-refractivity contribution is 6.33. The average Bonchev–Trinajstić information content (AvgIpc) is 2.79. The van der Waals surface area contributed by atoms with E-state index in [0.717, 1.165) is 17.8 Å². The van der Waals surface area contributed by atoms with E-state index in [1.807, 2.05) is 19.9 Å². The normalized spacial score (nSPS) is 10.7. The number of rotatable bonds is 11. The van der Waals surface area contributed by atoms with E-state index >= 15 is 0 Å². The summed E-state index contributed by atoms with van der Waals surface area (Å²) in [4.78, 5) is 24.3. The van der Waals surface area contributed by atoms with Gasteiger partial charge in [0.25, 0.3) is 5.69 Å². The minimum Gasteiger partial charge on any atom is -0.489 e. The van der Waals surface area contributed by atoms with Crippen LogP contribution in [0.2, 0.25) is 5.02 Å². The van der Waals surface area contributed by atoms with Crippen molar-refractivity contribution >= 4 is 45.9 Å². The van der Waals surface area contributed by atoms with Gasteiger partial charge >= 0.3 is 0 Å². The number of carbonyl (C=O) groups excluding carboxylic acids is 1. The van der Waals surface area contributed by atoms with Crippen molar-refractivity contribution in [2.24, 2.45) is 10.2 Å². The van der Waals surface area contributed by atoms with E-state index < -0.39 is 4.92 Å². The number of non-ortho nitro benzene ring substituents is 1. The Labute approximate surface area is 202 Å². The average molecular weight is 489 g/mol. The van der Waals surface area contributed by atoms with Crippen molar-refractivity contribution in [2.45, 2.75) is 20.8 Å². The number of amides is 1. The molecule has 0 fully saturated rings. The van der Waals surface area contributed by atoms with Crippen LogP contribution in [0.3, 0.4) is 0 Å². The first-order valence-electron chi connectivity index (χ1n) is 10.4. The third kappa shape index (κ3) is 6.63. The Kier molecular flexibility index (Phi) is 9.73. The maximum atomic E-state index is 11.8. The Morgan fingerprint density at radius 3 is 2.50 bits per heavy atom. The molecule has 0 radical (unpaired) electrons. The van der Waals surface area contributed by atoms with Crippen LogP contribution < -0.4 is 15.0 Å². The van der Waals surface area contributed by atoms with Crippen LogP contribution in [0, 0.1) is 21.4 Å². The van der Waals surface area contributed by atoms with Gasteiger partial charge in [-0.05, 0) is 19.9 Å². The molecule has 0 aromatic heterocycles. The zero-order chi connectivity index (χ0) is 25.3. The molecular formula is C22H25ClN6O5. The van der Waals surface area contributed by atoms with Crippen LogP contribution in [0.1, 0.15) is 26.3 Å². The predicted octanol–water partition coefficient (Wildman–Crippen LogP) is 5.37. The number of azo groups is 1. The summed E-state index contributed by atoms with van der Waals surface area (Å²) in [6.45, 7) is 7.40. The van der Waals surface area contributed by atoms with Crippen molar-refractivity contribution in [3.8, 4) is 11.8 Å². The smallest absolute Gasteiger partial charge is 0.272 e.